The summed E-state index contributed by atoms with van der Waals surface area (Å²) in [7, 11) is 0. The van der Waals surface area contributed by atoms with Crippen LogP contribution in [0.15, 0.2) is 54.9 Å². The fourth-order valence-corrected chi connectivity index (χ4v) is 2.97. The van der Waals surface area contributed by atoms with Crippen molar-refractivity contribution in [3.05, 3.63) is 60.4 Å². The van der Waals surface area contributed by atoms with Gasteiger partial charge in [0.1, 0.15) is 0 Å². The fraction of sp³-hybridized carbons (Fsp3) is 0.389. The summed E-state index contributed by atoms with van der Waals surface area (Å²) < 4.78 is 2.11. The van der Waals surface area contributed by atoms with Crippen molar-refractivity contribution in [2.24, 2.45) is 0 Å². The van der Waals surface area contributed by atoms with E-state index >= 15 is 0 Å². The number of hydrogen-bond acceptors (Lipinski definition) is 1. The molecule has 1 saturated carbocycles. The molecule has 1 aliphatic rings. The molecule has 1 aromatic heterocycles. The minimum Gasteiger partial charge on any atom is -0.354 e. The van der Waals surface area contributed by atoms with E-state index in [1.54, 1.807) is 0 Å². The fourth-order valence-electron chi connectivity index (χ4n) is 2.97. The van der Waals surface area contributed by atoms with Crippen molar-refractivity contribution >= 4 is 5.91 Å². The first-order valence-corrected chi connectivity index (χ1v) is 7.76. The highest BCUT2D eigenvalue weighted by Gasteiger charge is 2.30. The highest BCUT2D eigenvalue weighted by atomic mass is 16.1. The normalized spacial score (nSPS) is 20.8. The van der Waals surface area contributed by atoms with Gasteiger partial charge in [-0.15, -0.1) is 0 Å². The van der Waals surface area contributed by atoms with Crippen molar-refractivity contribution in [1.82, 2.24) is 9.88 Å². The largest absolute Gasteiger partial charge is 0.354 e. The van der Waals surface area contributed by atoms with Crippen LogP contribution in [-0.2, 0) is 11.3 Å². The lowest BCUT2D eigenvalue weighted by Crippen LogP contribution is -2.43. The molecule has 3 heteroatoms. The summed E-state index contributed by atoms with van der Waals surface area (Å²) in [5.74, 6) is 0.815. The number of nitrogens with zero attached hydrogens (tertiary/aromatic N) is 1. The van der Waals surface area contributed by atoms with E-state index in [1.807, 2.05) is 30.6 Å². The molecule has 0 atom stereocenters. The van der Waals surface area contributed by atoms with Gasteiger partial charge in [0.15, 0.2) is 0 Å². The van der Waals surface area contributed by atoms with Gasteiger partial charge in [-0.1, -0.05) is 30.3 Å². The molecule has 1 aromatic carbocycles. The van der Waals surface area contributed by atoms with Gasteiger partial charge >= 0.3 is 0 Å². The number of carbonyl (C=O) groups is 1. The number of aromatic nitrogens is 1. The van der Waals surface area contributed by atoms with Gasteiger partial charge in [-0.25, -0.2) is 0 Å². The monoisotopic (exact) mass is 282 g/mol. The first-order valence-electron chi connectivity index (χ1n) is 7.76. The second-order valence-corrected chi connectivity index (χ2v) is 5.87. The maximum Gasteiger partial charge on any atom is 0.220 e. The predicted molar refractivity (Wildman–Crippen MR) is 84.0 cm³/mol. The van der Waals surface area contributed by atoms with Gasteiger partial charge in [0.05, 0.1) is 0 Å². The minimum absolute atomic E-state index is 0.193. The van der Waals surface area contributed by atoms with Crippen LogP contribution in [0, 0.1) is 0 Å². The molecular formula is C18H22N2O. The summed E-state index contributed by atoms with van der Waals surface area (Å²) in [5, 5.41) is 3.15. The quantitative estimate of drug-likeness (QED) is 0.866. The summed E-state index contributed by atoms with van der Waals surface area (Å²) in [6, 6.07) is 15.0. The van der Waals surface area contributed by atoms with Crippen molar-refractivity contribution in [3.63, 3.8) is 0 Å². The SMILES string of the molecule is O=C(CCCn1cccc1)NC1CC(c2ccccc2)C1. The third kappa shape index (κ3) is 3.75. The number of amides is 1. The van der Waals surface area contributed by atoms with Gasteiger partial charge in [-0.3, -0.25) is 4.79 Å². The minimum atomic E-state index is 0.193. The number of nitrogens with one attached hydrogen (secondary N) is 1. The lowest BCUT2D eigenvalue weighted by molar-refractivity contribution is -0.122. The topological polar surface area (TPSA) is 34.0 Å². The molecular weight excluding hydrogens is 260 g/mol. The summed E-state index contributed by atoms with van der Waals surface area (Å²) in [4.78, 5) is 11.9. The maximum atomic E-state index is 11.9. The average molecular weight is 282 g/mol. The van der Waals surface area contributed by atoms with Gasteiger partial charge in [0.2, 0.25) is 5.91 Å². The molecule has 0 aliphatic heterocycles. The summed E-state index contributed by atoms with van der Waals surface area (Å²) in [5.41, 5.74) is 1.40. The standard InChI is InChI=1S/C18H22N2O/c21-18(9-6-12-20-10-4-5-11-20)19-17-13-16(14-17)15-7-2-1-3-8-15/h1-5,7-8,10-11,16-17H,6,9,12-14H2,(H,19,21). The highest BCUT2D eigenvalue weighted by molar-refractivity contribution is 5.76. The smallest absolute Gasteiger partial charge is 0.220 e. The van der Waals surface area contributed by atoms with E-state index in [0.29, 0.717) is 18.4 Å². The predicted octanol–water partition coefficient (Wildman–Crippen LogP) is 3.33. The van der Waals surface area contributed by atoms with Crippen LogP contribution in [0.5, 0.6) is 0 Å². The van der Waals surface area contributed by atoms with E-state index in [4.69, 9.17) is 0 Å². The van der Waals surface area contributed by atoms with Crippen LogP contribution in [0.3, 0.4) is 0 Å². The first kappa shape index (κ1) is 13.9. The molecule has 3 rings (SSSR count). The first-order chi connectivity index (χ1) is 10.3. The van der Waals surface area contributed by atoms with E-state index in [0.717, 1.165) is 25.8 Å². The van der Waals surface area contributed by atoms with Crippen LogP contribution >= 0.6 is 0 Å². The highest BCUT2D eigenvalue weighted by Crippen LogP contribution is 2.36. The van der Waals surface area contributed by atoms with Crippen LogP contribution in [0.4, 0.5) is 0 Å². The number of rotatable bonds is 6. The molecule has 21 heavy (non-hydrogen) atoms. The third-order valence-corrected chi connectivity index (χ3v) is 4.26. The van der Waals surface area contributed by atoms with Crippen LogP contribution in [0.25, 0.3) is 0 Å². The Morgan fingerprint density at radius 3 is 2.52 bits per heavy atom. The molecule has 0 spiro atoms. The van der Waals surface area contributed by atoms with Gasteiger partial charge in [0, 0.05) is 31.4 Å². The maximum absolute atomic E-state index is 11.9. The second kappa shape index (κ2) is 6.61. The summed E-state index contributed by atoms with van der Waals surface area (Å²) >= 11 is 0. The number of benzene rings is 1. The second-order valence-electron chi connectivity index (χ2n) is 5.87. The van der Waals surface area contributed by atoms with Gasteiger partial charge in [-0.2, -0.15) is 0 Å². The number of aryl methyl sites for hydroxylation is 1. The van der Waals surface area contributed by atoms with Gasteiger partial charge in [0.25, 0.3) is 0 Å². The summed E-state index contributed by atoms with van der Waals surface area (Å²) in [6.07, 6.45) is 7.74. The van der Waals surface area contributed by atoms with E-state index in [9.17, 15) is 4.79 Å². The molecule has 0 unspecified atom stereocenters. The van der Waals surface area contributed by atoms with Crippen molar-refractivity contribution in [2.75, 3.05) is 0 Å². The summed E-state index contributed by atoms with van der Waals surface area (Å²) in [6.45, 7) is 0.914. The Morgan fingerprint density at radius 2 is 1.81 bits per heavy atom. The lowest BCUT2D eigenvalue weighted by atomic mass is 9.76. The van der Waals surface area contributed by atoms with Crippen LogP contribution in [-0.4, -0.2) is 16.5 Å². The van der Waals surface area contributed by atoms with Crippen LogP contribution in [0.2, 0.25) is 0 Å². The van der Waals surface area contributed by atoms with E-state index in [2.05, 4.69) is 34.1 Å². The zero-order valence-electron chi connectivity index (χ0n) is 12.2. The molecule has 1 aliphatic carbocycles. The van der Waals surface area contributed by atoms with Crippen molar-refractivity contribution in [3.8, 4) is 0 Å². The molecule has 0 saturated heterocycles. The zero-order valence-corrected chi connectivity index (χ0v) is 12.2. The Labute approximate surface area is 126 Å². The van der Waals surface area contributed by atoms with E-state index in [1.165, 1.54) is 5.56 Å². The lowest BCUT2D eigenvalue weighted by Gasteiger charge is -2.36. The molecule has 0 radical (unpaired) electrons. The van der Waals surface area contributed by atoms with Crippen molar-refractivity contribution in [1.29, 1.82) is 0 Å². The van der Waals surface area contributed by atoms with Crippen molar-refractivity contribution in [2.45, 2.75) is 44.2 Å². The van der Waals surface area contributed by atoms with Crippen LogP contribution in [0.1, 0.15) is 37.2 Å². The Morgan fingerprint density at radius 1 is 1.10 bits per heavy atom. The molecule has 1 fully saturated rings. The average Bonchev–Trinajstić information content (AvgIpc) is 2.96. The zero-order chi connectivity index (χ0) is 14.5. The van der Waals surface area contributed by atoms with Gasteiger partial charge < -0.3 is 9.88 Å². The Kier molecular flexibility index (Phi) is 4.39. The molecule has 1 amide bonds. The number of carbonyl (C=O) groups excluding carboxylic acids is 1. The van der Waals surface area contributed by atoms with Crippen LogP contribution < -0.4 is 5.32 Å². The molecule has 0 bridgehead atoms. The van der Waals surface area contributed by atoms with Gasteiger partial charge in [-0.05, 0) is 42.9 Å². The third-order valence-electron chi connectivity index (χ3n) is 4.26. The van der Waals surface area contributed by atoms with E-state index < -0.39 is 0 Å². The Hall–Kier alpha value is -2.03. The van der Waals surface area contributed by atoms with E-state index in [-0.39, 0.29) is 5.91 Å². The van der Waals surface area contributed by atoms with Crippen molar-refractivity contribution < 1.29 is 4.79 Å². The number of hydrogen-bond donors (Lipinski definition) is 1. The molecule has 1 N–H and O–H groups in total. The molecule has 110 valence electrons. The molecule has 3 nitrogen and oxygen atoms in total. The Bertz CT molecular complexity index is 556. The Balaban J connectivity index is 1.34. The molecule has 2 aromatic rings. The molecule has 1 heterocycles.